The summed E-state index contributed by atoms with van der Waals surface area (Å²) in [5.41, 5.74) is -0.120. The maximum absolute atomic E-state index is 12.0. The average molecular weight is 512 g/mol. The van der Waals surface area contributed by atoms with E-state index in [9.17, 15) is 9.90 Å². The van der Waals surface area contributed by atoms with Gasteiger partial charge >= 0.3 is 5.97 Å². The molecule has 0 bridgehead atoms. The largest absolute Gasteiger partial charge is 0.462 e. The Kier molecular flexibility index (Phi) is 12.1. The molecule has 0 radical (unpaired) electrons. The van der Waals surface area contributed by atoms with Crippen molar-refractivity contribution in [2.45, 2.75) is 66.0 Å². The number of rotatable bonds is 9. The summed E-state index contributed by atoms with van der Waals surface area (Å²) >= 11 is 1.33. The van der Waals surface area contributed by atoms with Gasteiger partial charge in [-0.05, 0) is 40.5 Å². The summed E-state index contributed by atoms with van der Waals surface area (Å²) in [4.78, 5) is 21.5. The molecule has 27 heavy (non-hydrogen) atoms. The lowest BCUT2D eigenvalue weighted by atomic mass is 9.98. The van der Waals surface area contributed by atoms with Crippen molar-refractivity contribution in [3.63, 3.8) is 0 Å². The molecule has 156 valence electrons. The number of nitrogens with zero attached hydrogens (tertiary/aromatic N) is 2. The third-order valence-corrected chi connectivity index (χ3v) is 5.51. The van der Waals surface area contributed by atoms with Crippen LogP contribution < -0.4 is 10.6 Å². The molecule has 0 saturated carbocycles. The van der Waals surface area contributed by atoms with E-state index in [1.54, 1.807) is 13.8 Å². The summed E-state index contributed by atoms with van der Waals surface area (Å²) in [6.45, 7) is 12.8. The lowest BCUT2D eigenvalue weighted by molar-refractivity contribution is 0.0417. The zero-order valence-corrected chi connectivity index (χ0v) is 20.2. The summed E-state index contributed by atoms with van der Waals surface area (Å²) in [7, 11) is 0. The highest BCUT2D eigenvalue weighted by atomic mass is 127. The van der Waals surface area contributed by atoms with Crippen LogP contribution in [0.2, 0.25) is 0 Å². The summed E-state index contributed by atoms with van der Waals surface area (Å²) < 4.78 is 5.07. The number of carbonyl (C=O) groups excluding carboxylic acids is 1. The van der Waals surface area contributed by atoms with Crippen LogP contribution in [0, 0.1) is 6.92 Å². The van der Waals surface area contributed by atoms with Gasteiger partial charge in [0.05, 0.1) is 30.5 Å². The highest BCUT2D eigenvalue weighted by Crippen LogP contribution is 2.24. The number of hydrogen-bond donors (Lipinski definition) is 3. The fourth-order valence-corrected chi connectivity index (χ4v) is 3.24. The molecule has 0 aliphatic rings. The Morgan fingerprint density at radius 1 is 1.33 bits per heavy atom. The number of hydrogen-bond acceptors (Lipinski definition) is 6. The molecular formula is C18H33IN4O3S. The van der Waals surface area contributed by atoms with E-state index in [1.807, 2.05) is 27.7 Å². The monoisotopic (exact) mass is 512 g/mol. The molecule has 0 amide bonds. The zero-order valence-electron chi connectivity index (χ0n) is 17.1. The van der Waals surface area contributed by atoms with Crippen molar-refractivity contribution in [1.29, 1.82) is 0 Å². The van der Waals surface area contributed by atoms with E-state index in [2.05, 4.69) is 20.6 Å². The van der Waals surface area contributed by atoms with E-state index < -0.39 is 5.60 Å². The van der Waals surface area contributed by atoms with E-state index in [0.29, 0.717) is 49.1 Å². The van der Waals surface area contributed by atoms with Gasteiger partial charge in [-0.15, -0.1) is 35.3 Å². The van der Waals surface area contributed by atoms with Gasteiger partial charge in [-0.25, -0.2) is 9.78 Å². The van der Waals surface area contributed by atoms with E-state index in [1.165, 1.54) is 11.3 Å². The minimum absolute atomic E-state index is 0. The van der Waals surface area contributed by atoms with Crippen LogP contribution in [0.1, 0.15) is 73.9 Å². The Labute approximate surface area is 183 Å². The van der Waals surface area contributed by atoms with Crippen LogP contribution in [0.4, 0.5) is 0 Å². The summed E-state index contributed by atoms with van der Waals surface area (Å²) in [5, 5.41) is 17.7. The van der Waals surface area contributed by atoms with E-state index in [0.717, 1.165) is 5.01 Å². The predicted molar refractivity (Wildman–Crippen MR) is 121 cm³/mol. The Balaban J connectivity index is 0.00000676. The van der Waals surface area contributed by atoms with Crippen molar-refractivity contribution in [3.8, 4) is 0 Å². The minimum Gasteiger partial charge on any atom is -0.462 e. The van der Waals surface area contributed by atoms with Crippen LogP contribution in [-0.2, 0) is 4.74 Å². The standard InChI is InChI=1S/C18H32N4O3S.HI/c1-7-18(24,8-2)11-20-17(19-9-3)22-13(6)15-21-12(5)14(26-15)16(23)25-10-4;/h13,24H,7-11H2,1-6H3,(H2,19,20,22);1H. The Morgan fingerprint density at radius 3 is 2.48 bits per heavy atom. The SMILES string of the molecule is CCNC(=NCC(O)(CC)CC)NC(C)c1nc(C)c(C(=O)OCC)s1.I. The molecule has 0 fully saturated rings. The molecule has 1 aromatic heterocycles. The van der Waals surface area contributed by atoms with Crippen LogP contribution >= 0.6 is 35.3 Å². The Hall–Kier alpha value is -0.940. The normalized spacial score (nSPS) is 12.9. The van der Waals surface area contributed by atoms with Crippen molar-refractivity contribution < 1.29 is 14.6 Å². The lowest BCUT2D eigenvalue weighted by Gasteiger charge is -2.24. The molecule has 7 nitrogen and oxygen atoms in total. The fourth-order valence-electron chi connectivity index (χ4n) is 2.28. The van der Waals surface area contributed by atoms with Gasteiger partial charge in [0.2, 0.25) is 0 Å². The molecule has 0 aromatic carbocycles. The molecule has 0 spiro atoms. The summed E-state index contributed by atoms with van der Waals surface area (Å²) in [6, 6.07) is -0.129. The molecule has 0 aliphatic carbocycles. The lowest BCUT2D eigenvalue weighted by Crippen LogP contribution is -2.40. The van der Waals surface area contributed by atoms with Crippen LogP contribution in [-0.4, -0.2) is 47.3 Å². The van der Waals surface area contributed by atoms with Crippen molar-refractivity contribution in [1.82, 2.24) is 15.6 Å². The van der Waals surface area contributed by atoms with Gasteiger partial charge in [-0.2, -0.15) is 0 Å². The average Bonchev–Trinajstić information content (AvgIpc) is 3.02. The number of aromatic nitrogens is 1. The topological polar surface area (TPSA) is 95.8 Å². The number of nitrogens with one attached hydrogen (secondary N) is 2. The first-order chi connectivity index (χ1) is 12.3. The highest BCUT2D eigenvalue weighted by Gasteiger charge is 2.23. The molecule has 1 aromatic rings. The van der Waals surface area contributed by atoms with Crippen LogP contribution in [0.25, 0.3) is 0 Å². The second kappa shape index (κ2) is 12.5. The van der Waals surface area contributed by atoms with Crippen molar-refractivity contribution >= 4 is 47.2 Å². The van der Waals surface area contributed by atoms with Crippen LogP contribution in [0.3, 0.4) is 0 Å². The van der Waals surface area contributed by atoms with Crippen molar-refractivity contribution in [3.05, 3.63) is 15.6 Å². The third-order valence-electron chi connectivity index (χ3n) is 4.19. The number of aryl methyl sites for hydroxylation is 1. The number of halogens is 1. The van der Waals surface area contributed by atoms with Crippen LogP contribution in [0.15, 0.2) is 4.99 Å². The van der Waals surface area contributed by atoms with Gasteiger partial charge in [0, 0.05) is 6.54 Å². The number of aliphatic hydroxyl groups is 1. The number of guanidine groups is 1. The van der Waals surface area contributed by atoms with E-state index in [4.69, 9.17) is 4.74 Å². The van der Waals surface area contributed by atoms with E-state index in [-0.39, 0.29) is 36.0 Å². The minimum atomic E-state index is -0.791. The smallest absolute Gasteiger partial charge is 0.350 e. The maximum atomic E-state index is 12.0. The second-order valence-corrected chi connectivity index (χ2v) is 7.21. The van der Waals surface area contributed by atoms with Crippen molar-refractivity contribution in [2.24, 2.45) is 4.99 Å². The van der Waals surface area contributed by atoms with Crippen molar-refractivity contribution in [2.75, 3.05) is 19.7 Å². The van der Waals surface area contributed by atoms with Gasteiger partial charge in [-0.1, -0.05) is 13.8 Å². The number of aliphatic imine (C=N–C) groups is 1. The van der Waals surface area contributed by atoms with Gasteiger partial charge in [-0.3, -0.25) is 4.99 Å². The first-order valence-electron chi connectivity index (χ1n) is 9.21. The number of esters is 1. The molecule has 3 N–H and O–H groups in total. The predicted octanol–water partition coefficient (Wildman–Crippen LogP) is 3.41. The Bertz CT molecular complexity index is 618. The number of ether oxygens (including phenoxy) is 1. The molecule has 1 rings (SSSR count). The first kappa shape index (κ1) is 26.1. The molecule has 0 aliphatic heterocycles. The highest BCUT2D eigenvalue weighted by molar-refractivity contribution is 14.0. The zero-order chi connectivity index (χ0) is 19.7. The van der Waals surface area contributed by atoms with Gasteiger partial charge < -0.3 is 20.5 Å². The maximum Gasteiger partial charge on any atom is 0.350 e. The molecule has 1 atom stereocenters. The number of carbonyl (C=O) groups is 1. The fraction of sp³-hybridized carbons (Fsp3) is 0.722. The Morgan fingerprint density at radius 2 is 1.96 bits per heavy atom. The molecular weight excluding hydrogens is 479 g/mol. The molecule has 0 saturated heterocycles. The quantitative estimate of drug-likeness (QED) is 0.203. The number of thiazole rings is 1. The van der Waals surface area contributed by atoms with Crippen LogP contribution in [0.5, 0.6) is 0 Å². The molecule has 9 heteroatoms. The van der Waals surface area contributed by atoms with E-state index >= 15 is 0 Å². The molecule has 1 heterocycles. The molecule has 1 unspecified atom stereocenters. The van der Waals surface area contributed by atoms with Gasteiger partial charge in [0.15, 0.2) is 5.96 Å². The summed E-state index contributed by atoms with van der Waals surface area (Å²) in [6.07, 6.45) is 1.30. The summed E-state index contributed by atoms with van der Waals surface area (Å²) in [5.74, 6) is 0.281. The van der Waals surface area contributed by atoms with Gasteiger partial charge in [0.1, 0.15) is 9.88 Å². The third kappa shape index (κ3) is 7.90. The first-order valence-corrected chi connectivity index (χ1v) is 10.0. The van der Waals surface area contributed by atoms with Gasteiger partial charge in [0.25, 0.3) is 0 Å². The second-order valence-electron chi connectivity index (χ2n) is 6.18.